The molecule has 0 aromatic heterocycles. The highest BCUT2D eigenvalue weighted by molar-refractivity contribution is 5.27. The van der Waals surface area contributed by atoms with Gasteiger partial charge in [-0.05, 0) is 25.0 Å². The quantitative estimate of drug-likeness (QED) is 0.784. The molecule has 0 radical (unpaired) electrons. The molecule has 6 heteroatoms. The van der Waals surface area contributed by atoms with E-state index in [0.717, 1.165) is 0 Å². The Balaban J connectivity index is 2.04. The third-order valence-electron chi connectivity index (χ3n) is 4.29. The van der Waals surface area contributed by atoms with Gasteiger partial charge in [-0.3, -0.25) is 4.84 Å². The summed E-state index contributed by atoms with van der Waals surface area (Å²) in [6, 6.07) is -0.345. The summed E-state index contributed by atoms with van der Waals surface area (Å²) in [6.07, 6.45) is 2.81. The summed E-state index contributed by atoms with van der Waals surface area (Å²) in [5.41, 5.74) is -0.340. The van der Waals surface area contributed by atoms with Gasteiger partial charge >= 0.3 is 0 Å². The molecule has 3 nitrogen and oxygen atoms in total. The van der Waals surface area contributed by atoms with E-state index >= 15 is 0 Å². The van der Waals surface area contributed by atoms with Crippen LogP contribution < -0.4 is 0 Å². The number of hydroxylamine groups is 2. The predicted molar refractivity (Wildman–Crippen MR) is 77.6 cm³/mol. The summed E-state index contributed by atoms with van der Waals surface area (Å²) in [4.78, 5) is 5.41. The van der Waals surface area contributed by atoms with Gasteiger partial charge in [0.1, 0.15) is 12.1 Å². The Kier molecular flexibility index (Phi) is 4.84. The van der Waals surface area contributed by atoms with Gasteiger partial charge in [-0.2, -0.15) is 5.06 Å². The summed E-state index contributed by atoms with van der Waals surface area (Å²) >= 11 is 0. The van der Waals surface area contributed by atoms with Crippen LogP contribution in [0.25, 0.3) is 0 Å². The fourth-order valence-electron chi connectivity index (χ4n) is 3.09. The summed E-state index contributed by atoms with van der Waals surface area (Å²) in [5.74, 6) is -3.12. The van der Waals surface area contributed by atoms with Gasteiger partial charge in [0.15, 0.2) is 0 Å². The second-order valence-electron chi connectivity index (χ2n) is 6.32. The third-order valence-corrected chi connectivity index (χ3v) is 4.29. The maximum Gasteiger partial charge on any atom is 0.249 e. The van der Waals surface area contributed by atoms with Gasteiger partial charge in [-0.1, -0.05) is 25.7 Å². The maximum absolute atomic E-state index is 13.1. The number of alkyl halides is 2. The topological polar surface area (TPSA) is 32.7 Å². The molecule has 22 heavy (non-hydrogen) atoms. The van der Waals surface area contributed by atoms with E-state index in [1.165, 1.54) is 23.3 Å². The van der Waals surface area contributed by atoms with Gasteiger partial charge in [-0.25, -0.2) is 13.2 Å². The van der Waals surface area contributed by atoms with Crippen molar-refractivity contribution < 1.29 is 23.1 Å². The zero-order valence-corrected chi connectivity index (χ0v) is 12.9. The fraction of sp³-hybridized carbons (Fsp3) is 0.625. The summed E-state index contributed by atoms with van der Waals surface area (Å²) in [7, 11) is 0. The van der Waals surface area contributed by atoms with Crippen molar-refractivity contribution in [3.05, 3.63) is 36.2 Å². The van der Waals surface area contributed by atoms with E-state index in [4.69, 9.17) is 4.84 Å². The van der Waals surface area contributed by atoms with Gasteiger partial charge < -0.3 is 5.11 Å². The summed E-state index contributed by atoms with van der Waals surface area (Å²) in [5, 5.41) is 11.7. The minimum absolute atomic E-state index is 0.345. The van der Waals surface area contributed by atoms with E-state index in [9.17, 15) is 18.3 Å². The molecule has 1 saturated carbocycles. The number of hydrogen-bond donors (Lipinski definition) is 1. The average Bonchev–Trinajstić information content (AvgIpc) is 2.90. The van der Waals surface area contributed by atoms with E-state index < -0.39 is 23.4 Å². The molecule has 124 valence electrons. The molecule has 2 atom stereocenters. The standard InChI is InChI=1S/C16H22F3NO2/c1-4-12(17)6-5-11(2)13-7-8-22-20(13)14(21)15(3)9-16(18,19)10-15/h4-6,13-14,21H,2,7-10H2,1,3H3/b6-5-,12-4+/t13-,14?/m0/s1. The molecule has 1 aliphatic carbocycles. The molecule has 1 unspecified atom stereocenters. The van der Waals surface area contributed by atoms with Crippen LogP contribution in [0.4, 0.5) is 13.2 Å². The van der Waals surface area contributed by atoms with Gasteiger partial charge in [-0.15, -0.1) is 0 Å². The van der Waals surface area contributed by atoms with Crippen LogP contribution in [0.1, 0.15) is 33.1 Å². The van der Waals surface area contributed by atoms with Crippen molar-refractivity contribution in [1.29, 1.82) is 0 Å². The van der Waals surface area contributed by atoms with Crippen molar-refractivity contribution in [2.24, 2.45) is 5.41 Å². The van der Waals surface area contributed by atoms with Crippen LogP contribution in [0.5, 0.6) is 0 Å². The third kappa shape index (κ3) is 3.45. The van der Waals surface area contributed by atoms with Gasteiger partial charge in [0.05, 0.1) is 12.6 Å². The Hall–Kier alpha value is -1.11. The van der Waals surface area contributed by atoms with Crippen LogP contribution in [-0.2, 0) is 4.84 Å². The lowest BCUT2D eigenvalue weighted by Crippen LogP contribution is -2.57. The zero-order valence-electron chi connectivity index (χ0n) is 12.9. The molecule has 2 aliphatic rings. The first-order chi connectivity index (χ1) is 10.2. The number of aliphatic hydroxyl groups excluding tert-OH is 1. The number of halogens is 3. The van der Waals surface area contributed by atoms with E-state index in [-0.39, 0.29) is 18.9 Å². The molecule has 1 saturated heterocycles. The molecule has 2 fully saturated rings. The van der Waals surface area contributed by atoms with Crippen molar-refractivity contribution in [1.82, 2.24) is 5.06 Å². The predicted octanol–water partition coefficient (Wildman–Crippen LogP) is 3.73. The minimum Gasteiger partial charge on any atom is -0.376 e. The largest absolute Gasteiger partial charge is 0.376 e. The zero-order chi connectivity index (χ0) is 16.5. The van der Waals surface area contributed by atoms with Crippen molar-refractivity contribution in [2.75, 3.05) is 6.61 Å². The minimum atomic E-state index is -2.73. The van der Waals surface area contributed by atoms with Crippen LogP contribution >= 0.6 is 0 Å². The van der Waals surface area contributed by atoms with E-state index in [2.05, 4.69) is 6.58 Å². The lowest BCUT2D eigenvalue weighted by molar-refractivity contribution is -0.296. The molecule has 0 amide bonds. The molecule has 1 heterocycles. The van der Waals surface area contributed by atoms with Gasteiger partial charge in [0.25, 0.3) is 0 Å². The van der Waals surface area contributed by atoms with E-state index in [0.29, 0.717) is 18.6 Å². The molecule has 2 rings (SSSR count). The molecule has 0 aromatic carbocycles. The Morgan fingerprint density at radius 2 is 2.05 bits per heavy atom. The lowest BCUT2D eigenvalue weighted by Gasteiger charge is -2.50. The van der Waals surface area contributed by atoms with Crippen LogP contribution in [0.15, 0.2) is 36.2 Å². The average molecular weight is 317 g/mol. The Bertz CT molecular complexity index is 494. The van der Waals surface area contributed by atoms with Crippen LogP contribution in [0.3, 0.4) is 0 Å². The first-order valence-electron chi connectivity index (χ1n) is 7.34. The van der Waals surface area contributed by atoms with Crippen LogP contribution in [-0.4, -0.2) is 35.0 Å². The summed E-state index contributed by atoms with van der Waals surface area (Å²) in [6.45, 7) is 7.43. The van der Waals surface area contributed by atoms with Crippen molar-refractivity contribution in [3.8, 4) is 0 Å². The number of nitrogens with zero attached hydrogens (tertiary/aromatic N) is 1. The molecule has 0 aromatic rings. The van der Waals surface area contributed by atoms with Crippen molar-refractivity contribution >= 4 is 0 Å². The first-order valence-corrected chi connectivity index (χ1v) is 7.34. The molecule has 0 spiro atoms. The number of rotatable bonds is 5. The van der Waals surface area contributed by atoms with Gasteiger partial charge in [0.2, 0.25) is 5.92 Å². The smallest absolute Gasteiger partial charge is 0.249 e. The Labute approximate surface area is 128 Å². The summed E-state index contributed by atoms with van der Waals surface area (Å²) < 4.78 is 39.4. The maximum atomic E-state index is 13.1. The molecule has 0 bridgehead atoms. The van der Waals surface area contributed by atoms with Gasteiger partial charge in [0, 0.05) is 18.3 Å². The fourth-order valence-corrected chi connectivity index (χ4v) is 3.09. The van der Waals surface area contributed by atoms with Crippen molar-refractivity contribution in [3.63, 3.8) is 0 Å². The number of allylic oxidation sites excluding steroid dienone is 3. The molecule has 1 N–H and O–H groups in total. The van der Waals surface area contributed by atoms with Crippen LogP contribution in [0.2, 0.25) is 0 Å². The highest BCUT2D eigenvalue weighted by atomic mass is 19.3. The SMILES string of the molecule is C=C(/C=C\C(F)=C/C)[C@@H]1CCON1C(O)C1(C)CC(F)(F)C1. The number of aliphatic hydroxyl groups is 1. The van der Waals surface area contributed by atoms with E-state index in [1.54, 1.807) is 13.8 Å². The first kappa shape index (κ1) is 17.2. The Morgan fingerprint density at radius 3 is 2.59 bits per heavy atom. The van der Waals surface area contributed by atoms with E-state index in [1.807, 2.05) is 0 Å². The monoisotopic (exact) mass is 317 g/mol. The molecule has 1 aliphatic heterocycles. The molecular formula is C16H22F3NO2. The molecular weight excluding hydrogens is 295 g/mol. The van der Waals surface area contributed by atoms with Crippen molar-refractivity contribution in [2.45, 2.75) is 51.3 Å². The second kappa shape index (κ2) is 6.18. The highest BCUT2D eigenvalue weighted by Gasteiger charge is 2.59. The number of hydrogen-bond acceptors (Lipinski definition) is 3. The Morgan fingerprint density at radius 1 is 1.41 bits per heavy atom. The van der Waals surface area contributed by atoms with Crippen LogP contribution in [0, 0.1) is 5.41 Å². The normalized spacial score (nSPS) is 29.5. The second-order valence-corrected chi connectivity index (χ2v) is 6.32. The highest BCUT2D eigenvalue weighted by Crippen LogP contribution is 2.54. The lowest BCUT2D eigenvalue weighted by atomic mass is 9.66.